The number of hydrogen-bond acceptors (Lipinski definition) is 5. The fraction of sp³-hybridized carbons (Fsp3) is 0.400. The van der Waals surface area contributed by atoms with Crippen molar-refractivity contribution in [3.8, 4) is 5.06 Å². The molecular formula is C20H21FINO3S. The van der Waals surface area contributed by atoms with E-state index in [1.807, 2.05) is 6.07 Å². The average molecular weight is 501 g/mol. The van der Waals surface area contributed by atoms with Crippen molar-refractivity contribution in [2.75, 3.05) is 6.54 Å². The second-order valence-corrected chi connectivity index (χ2v) is 8.03. The molecule has 1 aliphatic heterocycles. The van der Waals surface area contributed by atoms with Gasteiger partial charge in [0, 0.05) is 36.4 Å². The molecule has 1 aromatic carbocycles. The first-order chi connectivity index (χ1) is 12.5. The summed E-state index contributed by atoms with van der Waals surface area (Å²) in [4.78, 5) is 27.4. The Morgan fingerprint density at radius 3 is 2.70 bits per heavy atom. The van der Waals surface area contributed by atoms with Gasteiger partial charge in [0.05, 0.1) is 6.04 Å². The van der Waals surface area contributed by atoms with Crippen LogP contribution in [0.5, 0.6) is 5.06 Å². The predicted molar refractivity (Wildman–Crippen MR) is 112 cm³/mol. The minimum absolute atomic E-state index is 0. The maximum atomic E-state index is 14.4. The third kappa shape index (κ3) is 4.41. The van der Waals surface area contributed by atoms with Crippen LogP contribution >= 0.6 is 35.3 Å². The Bertz CT molecular complexity index is 865. The van der Waals surface area contributed by atoms with E-state index in [0.29, 0.717) is 23.7 Å². The molecule has 2 aliphatic rings. The first-order valence-corrected chi connectivity index (χ1v) is 9.67. The standard InChI is InChI=1S/C20H20FNO3S.HI/c1-12(23)25-18-10-14-11-22(9-8-17(14)26-18)19(20(24)13-6-7-13)15-4-2-3-5-16(15)21;/h2-5,10,13,19H,6-9,11H2,1H3;1H. The lowest BCUT2D eigenvalue weighted by Crippen LogP contribution is -2.38. The number of nitrogens with zero attached hydrogens (tertiary/aromatic N) is 1. The quantitative estimate of drug-likeness (QED) is 0.447. The number of esters is 1. The van der Waals surface area contributed by atoms with Gasteiger partial charge in [0.2, 0.25) is 0 Å². The summed E-state index contributed by atoms with van der Waals surface area (Å²) in [5.41, 5.74) is 1.52. The molecule has 7 heteroatoms. The maximum absolute atomic E-state index is 14.4. The number of carbonyl (C=O) groups is 2. The van der Waals surface area contributed by atoms with Crippen LogP contribution in [0.25, 0.3) is 0 Å². The van der Waals surface area contributed by atoms with E-state index in [-0.39, 0.29) is 47.5 Å². The topological polar surface area (TPSA) is 46.6 Å². The Balaban J connectivity index is 0.00000210. The van der Waals surface area contributed by atoms with Gasteiger partial charge in [-0.25, -0.2) is 4.39 Å². The van der Waals surface area contributed by atoms with Crippen molar-refractivity contribution in [1.29, 1.82) is 0 Å². The normalized spacial score (nSPS) is 17.6. The summed E-state index contributed by atoms with van der Waals surface area (Å²) in [5, 5.41) is 0.584. The van der Waals surface area contributed by atoms with Gasteiger partial charge in [-0.1, -0.05) is 18.2 Å². The number of carbonyl (C=O) groups excluding carboxylic acids is 2. The van der Waals surface area contributed by atoms with Crippen molar-refractivity contribution in [2.24, 2.45) is 5.92 Å². The Kier molecular flexibility index (Phi) is 6.32. The zero-order chi connectivity index (χ0) is 18.3. The van der Waals surface area contributed by atoms with Gasteiger partial charge in [-0.05, 0) is 37.0 Å². The van der Waals surface area contributed by atoms with Gasteiger partial charge >= 0.3 is 5.97 Å². The first kappa shape index (κ1) is 20.4. The minimum Gasteiger partial charge on any atom is -0.416 e. The zero-order valence-electron chi connectivity index (χ0n) is 14.9. The van der Waals surface area contributed by atoms with Gasteiger partial charge in [-0.2, -0.15) is 0 Å². The molecule has 1 aromatic heterocycles. The molecule has 1 atom stereocenters. The van der Waals surface area contributed by atoms with E-state index < -0.39 is 6.04 Å². The highest BCUT2D eigenvalue weighted by molar-refractivity contribution is 14.0. The molecule has 1 aliphatic carbocycles. The molecule has 0 saturated heterocycles. The monoisotopic (exact) mass is 501 g/mol. The van der Waals surface area contributed by atoms with Gasteiger partial charge in [0.25, 0.3) is 0 Å². The van der Waals surface area contributed by atoms with Gasteiger partial charge < -0.3 is 4.74 Å². The maximum Gasteiger partial charge on any atom is 0.308 e. The predicted octanol–water partition coefficient (Wildman–Crippen LogP) is 4.51. The zero-order valence-corrected chi connectivity index (χ0v) is 18.1. The first-order valence-electron chi connectivity index (χ1n) is 8.85. The molecule has 0 radical (unpaired) electrons. The molecule has 1 saturated carbocycles. The Labute approximate surface area is 178 Å². The van der Waals surface area contributed by atoms with Crippen LogP contribution in [0.4, 0.5) is 4.39 Å². The highest BCUT2D eigenvalue weighted by atomic mass is 127. The fourth-order valence-corrected chi connectivity index (χ4v) is 4.61. The summed E-state index contributed by atoms with van der Waals surface area (Å²) in [6.07, 6.45) is 2.57. The molecule has 27 heavy (non-hydrogen) atoms. The van der Waals surface area contributed by atoms with Crippen molar-refractivity contribution in [1.82, 2.24) is 4.90 Å². The molecule has 2 aromatic rings. The molecular weight excluding hydrogens is 480 g/mol. The minimum atomic E-state index is -0.547. The summed E-state index contributed by atoms with van der Waals surface area (Å²) in [5.74, 6) is -0.495. The molecule has 0 N–H and O–H groups in total. The Hall–Kier alpha value is -1.32. The Morgan fingerprint density at radius 2 is 2.04 bits per heavy atom. The van der Waals surface area contributed by atoms with Crippen LogP contribution < -0.4 is 4.74 Å². The number of Topliss-reactive ketones (excluding diaryl/α,β-unsaturated/α-hetero) is 1. The lowest BCUT2D eigenvalue weighted by Gasteiger charge is -2.34. The number of hydrogen-bond donors (Lipinski definition) is 0. The number of thiophene rings is 1. The molecule has 0 amide bonds. The van der Waals surface area contributed by atoms with E-state index in [2.05, 4.69) is 4.90 Å². The lowest BCUT2D eigenvalue weighted by atomic mass is 9.95. The third-order valence-electron chi connectivity index (χ3n) is 4.93. The van der Waals surface area contributed by atoms with E-state index in [1.165, 1.54) is 29.2 Å². The number of rotatable bonds is 5. The number of ether oxygens (including phenoxy) is 1. The second kappa shape index (κ2) is 8.36. The van der Waals surface area contributed by atoms with E-state index in [9.17, 15) is 14.0 Å². The summed E-state index contributed by atoms with van der Waals surface area (Å²) in [6, 6.07) is 7.89. The highest BCUT2D eigenvalue weighted by Crippen LogP contribution is 2.41. The van der Waals surface area contributed by atoms with E-state index in [1.54, 1.807) is 18.2 Å². The second-order valence-electron chi connectivity index (χ2n) is 6.93. The van der Waals surface area contributed by atoms with Crippen LogP contribution in [0.3, 0.4) is 0 Å². The number of halogens is 2. The van der Waals surface area contributed by atoms with Crippen molar-refractivity contribution < 1.29 is 18.7 Å². The van der Waals surface area contributed by atoms with Crippen molar-refractivity contribution >= 4 is 47.1 Å². The highest BCUT2D eigenvalue weighted by Gasteiger charge is 2.40. The van der Waals surface area contributed by atoms with E-state index in [0.717, 1.165) is 24.8 Å². The van der Waals surface area contributed by atoms with Crippen LogP contribution in [0.15, 0.2) is 30.3 Å². The molecule has 1 unspecified atom stereocenters. The summed E-state index contributed by atoms with van der Waals surface area (Å²) >= 11 is 1.47. The molecule has 0 bridgehead atoms. The van der Waals surface area contributed by atoms with Crippen molar-refractivity contribution in [2.45, 2.75) is 38.8 Å². The summed E-state index contributed by atoms with van der Waals surface area (Å²) in [6.45, 7) is 2.63. The number of benzene rings is 1. The van der Waals surface area contributed by atoms with Crippen LogP contribution in [0, 0.1) is 11.7 Å². The van der Waals surface area contributed by atoms with Gasteiger partial charge in [0.1, 0.15) is 5.82 Å². The lowest BCUT2D eigenvalue weighted by molar-refractivity contribution is -0.131. The van der Waals surface area contributed by atoms with Crippen molar-refractivity contribution in [3.05, 3.63) is 52.2 Å². The average Bonchev–Trinajstić information content (AvgIpc) is 3.37. The van der Waals surface area contributed by atoms with Crippen molar-refractivity contribution in [3.63, 3.8) is 0 Å². The van der Waals surface area contributed by atoms with Gasteiger partial charge in [-0.3, -0.25) is 14.5 Å². The largest absolute Gasteiger partial charge is 0.416 e. The molecule has 144 valence electrons. The molecule has 0 spiro atoms. The van der Waals surface area contributed by atoms with Gasteiger partial charge in [-0.15, -0.1) is 35.3 Å². The molecule has 4 rings (SSSR count). The summed E-state index contributed by atoms with van der Waals surface area (Å²) < 4.78 is 19.6. The number of fused-ring (bicyclic) bond motifs is 1. The van der Waals surface area contributed by atoms with E-state index in [4.69, 9.17) is 4.74 Å². The van der Waals surface area contributed by atoms with Crippen LogP contribution in [0.1, 0.15) is 41.8 Å². The fourth-order valence-electron chi connectivity index (χ4n) is 3.56. The molecule has 1 fully saturated rings. The smallest absolute Gasteiger partial charge is 0.308 e. The molecule has 4 nitrogen and oxygen atoms in total. The van der Waals surface area contributed by atoms with Gasteiger partial charge in [0.15, 0.2) is 10.8 Å². The third-order valence-corrected chi connectivity index (χ3v) is 6.05. The Morgan fingerprint density at radius 1 is 1.30 bits per heavy atom. The number of ketones is 1. The summed E-state index contributed by atoms with van der Waals surface area (Å²) in [7, 11) is 0. The SMILES string of the molecule is CC(=O)Oc1cc2c(s1)CCN(C(C(=O)C1CC1)c1ccccc1F)C2.I. The molecule has 2 heterocycles. The van der Waals surface area contributed by atoms with Crippen LogP contribution in [-0.4, -0.2) is 23.2 Å². The van der Waals surface area contributed by atoms with Crippen LogP contribution in [0.2, 0.25) is 0 Å². The van der Waals surface area contributed by atoms with Crippen LogP contribution in [-0.2, 0) is 22.6 Å². The van der Waals surface area contributed by atoms with E-state index >= 15 is 0 Å².